The molecule has 4 nitrogen and oxygen atoms in total. The molecular weight excluding hydrogens is 591 g/mol. The van der Waals surface area contributed by atoms with E-state index in [1.54, 1.807) is 23.5 Å². The van der Waals surface area contributed by atoms with Crippen molar-refractivity contribution in [2.75, 3.05) is 26.1 Å². The molecule has 2 spiro atoms. The molecule has 4 aromatic carbocycles. The Bertz CT molecular complexity index is 1990. The number of fused-ring (bicyclic) bond motifs is 7. The maximum atomic E-state index is 15.6. The van der Waals surface area contributed by atoms with E-state index in [-0.39, 0.29) is 11.7 Å². The van der Waals surface area contributed by atoms with Crippen LogP contribution in [0.5, 0.6) is 0 Å². The monoisotopic (exact) mass is 625 g/mol. The van der Waals surface area contributed by atoms with Gasteiger partial charge < -0.3 is 0 Å². The number of para-hydroxylation sites is 2. The zero-order valence-electron chi connectivity index (χ0n) is 25.8. The van der Waals surface area contributed by atoms with Gasteiger partial charge in [-0.1, -0.05) is 60.7 Å². The number of likely N-dealkylation sites (N-methyl/N-ethyl adjacent to an activating group) is 1. The van der Waals surface area contributed by atoms with Crippen LogP contribution in [0.2, 0.25) is 0 Å². The first-order valence-corrected chi connectivity index (χ1v) is 18.1. The van der Waals surface area contributed by atoms with Crippen molar-refractivity contribution in [1.29, 1.82) is 0 Å². The summed E-state index contributed by atoms with van der Waals surface area (Å²) in [6.45, 7) is 0.752. The highest BCUT2D eigenvalue weighted by atomic mass is 32.2. The molecule has 0 bridgehead atoms. The van der Waals surface area contributed by atoms with Crippen LogP contribution in [0, 0.1) is 5.41 Å². The second-order valence-electron chi connectivity index (χ2n) is 12.5. The van der Waals surface area contributed by atoms with Gasteiger partial charge in [-0.2, -0.15) is 0 Å². The van der Waals surface area contributed by atoms with Gasteiger partial charge in [0, 0.05) is 27.8 Å². The summed E-state index contributed by atoms with van der Waals surface area (Å²) in [6, 6.07) is 34.2. The van der Waals surface area contributed by atoms with E-state index in [9.17, 15) is 0 Å². The van der Waals surface area contributed by atoms with Gasteiger partial charge in [-0.15, -0.1) is 23.5 Å². The number of carbonyl (C=O) groups excluding carboxylic acids is 1. The van der Waals surface area contributed by atoms with E-state index in [2.05, 4.69) is 103 Å². The molecule has 224 valence electrons. The smallest absolute Gasteiger partial charge is 0.168 e. The molecule has 1 aromatic heterocycles. The number of ketones is 1. The molecule has 2 aliphatic carbocycles. The molecule has 0 N–H and O–H groups in total. The molecule has 3 unspecified atom stereocenters. The Morgan fingerprint density at radius 2 is 1.47 bits per heavy atom. The number of aromatic nitrogens is 2. The number of benzene rings is 4. The van der Waals surface area contributed by atoms with Crippen molar-refractivity contribution in [1.82, 2.24) is 14.9 Å². The summed E-state index contributed by atoms with van der Waals surface area (Å²) >= 11 is 3.48. The molecule has 0 amide bonds. The van der Waals surface area contributed by atoms with E-state index in [1.165, 1.54) is 15.4 Å². The summed E-state index contributed by atoms with van der Waals surface area (Å²) in [4.78, 5) is 31.2. The topological polar surface area (TPSA) is 46.1 Å². The van der Waals surface area contributed by atoms with Gasteiger partial charge in [0.25, 0.3) is 0 Å². The number of carbonyl (C=O) groups is 1. The first-order chi connectivity index (χ1) is 22.0. The Balaban J connectivity index is 1.41. The molecule has 0 radical (unpaired) electrons. The molecule has 1 saturated carbocycles. The summed E-state index contributed by atoms with van der Waals surface area (Å²) in [5, 5.41) is 0. The number of likely N-dealkylation sites (tertiary alicyclic amines) is 1. The van der Waals surface area contributed by atoms with Crippen LogP contribution in [0.25, 0.3) is 28.4 Å². The Morgan fingerprint density at radius 3 is 2.18 bits per heavy atom. The van der Waals surface area contributed by atoms with E-state index in [0.717, 1.165) is 70.5 Å². The summed E-state index contributed by atoms with van der Waals surface area (Å²) < 4.78 is 0. The van der Waals surface area contributed by atoms with Gasteiger partial charge >= 0.3 is 0 Å². The van der Waals surface area contributed by atoms with Crippen LogP contribution in [0.15, 0.2) is 112 Å². The Kier molecular flexibility index (Phi) is 7.01. The van der Waals surface area contributed by atoms with Crippen LogP contribution in [-0.2, 0) is 10.3 Å². The average Bonchev–Trinajstić information content (AvgIpc) is 3.52. The van der Waals surface area contributed by atoms with Crippen LogP contribution < -0.4 is 0 Å². The fraction of sp³-hybridized carbons (Fsp3) is 0.256. The van der Waals surface area contributed by atoms with E-state index >= 15 is 4.79 Å². The van der Waals surface area contributed by atoms with Gasteiger partial charge in [0.2, 0.25) is 0 Å². The van der Waals surface area contributed by atoms with Gasteiger partial charge in [-0.05, 0) is 104 Å². The van der Waals surface area contributed by atoms with Gasteiger partial charge in [-0.3, -0.25) is 9.69 Å². The lowest BCUT2D eigenvalue weighted by molar-refractivity contribution is -0.132. The molecule has 2 heterocycles. The third-order valence-electron chi connectivity index (χ3n) is 10.4. The maximum absolute atomic E-state index is 15.6. The molecule has 6 heteroatoms. The summed E-state index contributed by atoms with van der Waals surface area (Å²) in [5.74, 6) is 0.240. The number of allylic oxidation sites excluding steroid dienone is 1. The number of thioether (sulfide) groups is 2. The van der Waals surface area contributed by atoms with Gasteiger partial charge in [0.15, 0.2) is 5.78 Å². The lowest BCUT2D eigenvalue weighted by Crippen LogP contribution is -2.56. The maximum Gasteiger partial charge on any atom is 0.168 e. The second kappa shape index (κ2) is 11.0. The highest BCUT2D eigenvalue weighted by molar-refractivity contribution is 7.98. The fourth-order valence-electron chi connectivity index (χ4n) is 8.58. The molecule has 1 aliphatic heterocycles. The average molecular weight is 626 g/mol. The first-order valence-electron chi connectivity index (χ1n) is 15.6. The molecule has 5 aromatic rings. The molecule has 3 atom stereocenters. The standard InChI is InChI=1S/C39H35N3OS2/c1-42-24-32(26-16-20-29(45-3)21-17-26)38(22-8-9-27(37(38)43)23-25-14-18-28(44-2)19-15-25)39(42)31-11-5-4-10-30(31)35-36(39)41-34-13-7-6-12-33(34)40-35/h4-7,10-21,23,32H,8-9,22,24H2,1-3H3. The number of Topliss-reactive ketones (excluding diaryl/α,β-unsaturated/α-hetero) is 1. The van der Waals surface area contributed by atoms with Crippen molar-refractivity contribution in [2.24, 2.45) is 5.41 Å². The lowest BCUT2D eigenvalue weighted by Gasteiger charge is -2.50. The summed E-state index contributed by atoms with van der Waals surface area (Å²) in [7, 11) is 2.20. The van der Waals surface area contributed by atoms with Crippen molar-refractivity contribution in [3.63, 3.8) is 0 Å². The number of rotatable bonds is 4. The lowest BCUT2D eigenvalue weighted by atomic mass is 9.53. The van der Waals surface area contributed by atoms with Crippen LogP contribution >= 0.6 is 23.5 Å². The Morgan fingerprint density at radius 1 is 0.822 bits per heavy atom. The zero-order chi connectivity index (χ0) is 30.8. The van der Waals surface area contributed by atoms with Crippen LogP contribution in [-0.4, -0.2) is 46.8 Å². The zero-order valence-corrected chi connectivity index (χ0v) is 27.4. The first kappa shape index (κ1) is 28.7. The predicted octanol–water partition coefficient (Wildman–Crippen LogP) is 8.85. The molecule has 1 saturated heterocycles. The van der Waals surface area contributed by atoms with Crippen LogP contribution in [0.4, 0.5) is 0 Å². The van der Waals surface area contributed by atoms with Crippen LogP contribution in [0.1, 0.15) is 47.6 Å². The molecular formula is C39H35N3OS2. The van der Waals surface area contributed by atoms with E-state index in [4.69, 9.17) is 9.97 Å². The number of hydrogen-bond acceptors (Lipinski definition) is 6. The highest BCUT2D eigenvalue weighted by Crippen LogP contribution is 2.69. The minimum atomic E-state index is -0.760. The van der Waals surface area contributed by atoms with Crippen molar-refractivity contribution in [2.45, 2.75) is 40.5 Å². The van der Waals surface area contributed by atoms with Gasteiger partial charge in [0.05, 0.1) is 27.8 Å². The Hall–Kier alpha value is -3.71. The van der Waals surface area contributed by atoms with E-state index in [1.807, 2.05) is 24.3 Å². The number of nitrogens with zero attached hydrogens (tertiary/aromatic N) is 3. The summed E-state index contributed by atoms with van der Waals surface area (Å²) in [6.07, 6.45) is 8.86. The minimum Gasteiger partial charge on any atom is -0.294 e. The van der Waals surface area contributed by atoms with Gasteiger partial charge in [0.1, 0.15) is 5.54 Å². The van der Waals surface area contributed by atoms with Crippen molar-refractivity contribution < 1.29 is 4.79 Å². The predicted molar refractivity (Wildman–Crippen MR) is 187 cm³/mol. The SMILES string of the molecule is CSc1ccc(C=C2CCCC3(C2=O)C(c2ccc(SC)cc2)CN(C)C32c3ccccc3-c3nc4ccccc4nc32)cc1. The van der Waals surface area contributed by atoms with E-state index in [0.29, 0.717) is 0 Å². The third-order valence-corrected chi connectivity index (χ3v) is 11.9. The second-order valence-corrected chi connectivity index (χ2v) is 14.2. The molecule has 45 heavy (non-hydrogen) atoms. The fourth-order valence-corrected chi connectivity index (χ4v) is 9.40. The quantitative estimate of drug-likeness (QED) is 0.147. The van der Waals surface area contributed by atoms with Crippen molar-refractivity contribution in [3.05, 3.63) is 125 Å². The molecule has 3 aliphatic rings. The number of hydrogen-bond donors (Lipinski definition) is 0. The van der Waals surface area contributed by atoms with Crippen LogP contribution in [0.3, 0.4) is 0 Å². The van der Waals surface area contributed by atoms with Gasteiger partial charge in [-0.25, -0.2) is 9.97 Å². The third kappa shape index (κ3) is 4.08. The van der Waals surface area contributed by atoms with E-state index < -0.39 is 11.0 Å². The Labute approximate surface area is 273 Å². The normalized spacial score (nSPS) is 25.0. The van der Waals surface area contributed by atoms with Crippen molar-refractivity contribution >= 4 is 46.4 Å². The molecule has 2 fully saturated rings. The highest BCUT2D eigenvalue weighted by Gasteiger charge is 2.72. The minimum absolute atomic E-state index is 0.0132. The largest absolute Gasteiger partial charge is 0.294 e. The van der Waals surface area contributed by atoms with Crippen molar-refractivity contribution in [3.8, 4) is 11.3 Å². The summed E-state index contributed by atoms with van der Waals surface area (Å²) in [5.41, 5.74) is 7.52. The molecule has 8 rings (SSSR count).